The first-order chi connectivity index (χ1) is 8.58. The summed E-state index contributed by atoms with van der Waals surface area (Å²) >= 11 is 0. The summed E-state index contributed by atoms with van der Waals surface area (Å²) in [5.74, 6) is -0.838. The van der Waals surface area contributed by atoms with E-state index in [4.69, 9.17) is 10.8 Å². The molecule has 0 aromatic heterocycles. The van der Waals surface area contributed by atoms with Crippen LogP contribution in [0.15, 0.2) is 0 Å². The molecule has 2 saturated heterocycles. The van der Waals surface area contributed by atoms with E-state index in [0.29, 0.717) is 13.1 Å². The van der Waals surface area contributed by atoms with Crippen LogP contribution in [0.2, 0.25) is 0 Å². The molecule has 2 aliphatic rings. The minimum atomic E-state index is -0.838. The molecule has 3 N–H and O–H groups in total. The summed E-state index contributed by atoms with van der Waals surface area (Å²) in [6.45, 7) is 2.00. The molecule has 6 heteroatoms. The third-order valence-corrected chi connectivity index (χ3v) is 3.76. The Morgan fingerprint density at radius 2 is 1.94 bits per heavy atom. The van der Waals surface area contributed by atoms with Gasteiger partial charge in [0.25, 0.3) is 0 Å². The number of carboxylic acid groups (broad SMARTS) is 1. The highest BCUT2D eigenvalue weighted by molar-refractivity contribution is 5.76. The van der Waals surface area contributed by atoms with E-state index in [0.717, 1.165) is 32.2 Å². The Bertz CT molecular complexity index is 335. The molecule has 2 rings (SSSR count). The fourth-order valence-corrected chi connectivity index (χ4v) is 2.87. The second-order valence-electron chi connectivity index (χ2n) is 5.22. The Balaban J connectivity index is 1.96. The summed E-state index contributed by atoms with van der Waals surface area (Å²) < 4.78 is 0. The van der Waals surface area contributed by atoms with Gasteiger partial charge >= 0.3 is 12.0 Å². The number of likely N-dealkylation sites (tertiary alicyclic amines) is 2. The van der Waals surface area contributed by atoms with E-state index in [1.165, 1.54) is 0 Å². The van der Waals surface area contributed by atoms with E-state index in [2.05, 4.69) is 0 Å². The van der Waals surface area contributed by atoms with Crippen molar-refractivity contribution in [1.29, 1.82) is 0 Å². The maximum absolute atomic E-state index is 12.3. The van der Waals surface area contributed by atoms with Crippen molar-refractivity contribution in [1.82, 2.24) is 9.80 Å². The molecule has 0 aliphatic carbocycles. The van der Waals surface area contributed by atoms with E-state index in [-0.39, 0.29) is 24.5 Å². The van der Waals surface area contributed by atoms with E-state index in [1.54, 1.807) is 9.80 Å². The van der Waals surface area contributed by atoms with Crippen molar-refractivity contribution in [3.8, 4) is 0 Å². The van der Waals surface area contributed by atoms with Crippen LogP contribution >= 0.6 is 0 Å². The standard InChI is InChI=1S/C12H21N3O3/c13-9-3-1-5-14(8-9)12(18)15-6-2-4-10(15)7-11(16)17/h9-10H,1-8,13H2,(H,16,17). The van der Waals surface area contributed by atoms with Gasteiger partial charge in [-0.3, -0.25) is 4.79 Å². The van der Waals surface area contributed by atoms with Gasteiger partial charge in [0.2, 0.25) is 0 Å². The smallest absolute Gasteiger partial charge is 0.320 e. The summed E-state index contributed by atoms with van der Waals surface area (Å²) in [7, 11) is 0. The molecule has 2 amide bonds. The van der Waals surface area contributed by atoms with Crippen LogP contribution < -0.4 is 5.73 Å². The second kappa shape index (κ2) is 5.56. The SMILES string of the molecule is NC1CCCN(C(=O)N2CCCC2CC(=O)O)C1. The fraction of sp³-hybridized carbons (Fsp3) is 0.833. The molecule has 6 nitrogen and oxygen atoms in total. The highest BCUT2D eigenvalue weighted by atomic mass is 16.4. The number of hydrogen-bond donors (Lipinski definition) is 2. The summed E-state index contributed by atoms with van der Waals surface area (Å²) in [4.78, 5) is 26.6. The van der Waals surface area contributed by atoms with E-state index < -0.39 is 5.97 Å². The molecule has 0 spiro atoms. The van der Waals surface area contributed by atoms with Gasteiger partial charge in [0, 0.05) is 31.7 Å². The topological polar surface area (TPSA) is 86.9 Å². The average molecular weight is 255 g/mol. The quantitative estimate of drug-likeness (QED) is 0.751. The fourth-order valence-electron chi connectivity index (χ4n) is 2.87. The van der Waals surface area contributed by atoms with Gasteiger partial charge in [0.1, 0.15) is 0 Å². The number of rotatable bonds is 2. The third-order valence-electron chi connectivity index (χ3n) is 3.76. The summed E-state index contributed by atoms with van der Waals surface area (Å²) in [6, 6.07) is -0.120. The predicted molar refractivity (Wildman–Crippen MR) is 66.2 cm³/mol. The number of carbonyl (C=O) groups is 2. The van der Waals surface area contributed by atoms with Crippen molar-refractivity contribution in [2.75, 3.05) is 19.6 Å². The van der Waals surface area contributed by atoms with Crippen molar-refractivity contribution >= 4 is 12.0 Å². The average Bonchev–Trinajstić information content (AvgIpc) is 2.75. The summed E-state index contributed by atoms with van der Waals surface area (Å²) in [5.41, 5.74) is 5.87. The predicted octanol–water partition coefficient (Wildman–Crippen LogP) is 0.469. The zero-order chi connectivity index (χ0) is 13.1. The maximum Gasteiger partial charge on any atom is 0.320 e. The molecule has 0 bridgehead atoms. The minimum absolute atomic E-state index is 0.0334. The molecule has 0 aromatic carbocycles. The number of amides is 2. The van der Waals surface area contributed by atoms with Gasteiger partial charge in [-0.25, -0.2) is 4.79 Å². The number of urea groups is 1. The molecule has 0 aromatic rings. The van der Waals surface area contributed by atoms with E-state index in [1.807, 2.05) is 0 Å². The largest absolute Gasteiger partial charge is 0.481 e. The minimum Gasteiger partial charge on any atom is -0.481 e. The number of nitrogens with zero attached hydrogens (tertiary/aromatic N) is 2. The molecular weight excluding hydrogens is 234 g/mol. The Morgan fingerprint density at radius 1 is 1.22 bits per heavy atom. The number of carboxylic acids is 1. The lowest BCUT2D eigenvalue weighted by molar-refractivity contribution is -0.138. The number of hydrogen-bond acceptors (Lipinski definition) is 3. The molecule has 102 valence electrons. The molecular formula is C12H21N3O3. The van der Waals surface area contributed by atoms with Crippen LogP contribution in [-0.2, 0) is 4.79 Å². The Labute approximate surface area is 107 Å². The molecule has 0 saturated carbocycles. The van der Waals surface area contributed by atoms with Gasteiger partial charge in [-0.2, -0.15) is 0 Å². The first-order valence-corrected chi connectivity index (χ1v) is 6.61. The zero-order valence-corrected chi connectivity index (χ0v) is 10.5. The highest BCUT2D eigenvalue weighted by Gasteiger charge is 2.34. The van der Waals surface area contributed by atoms with Crippen molar-refractivity contribution in [2.45, 2.75) is 44.2 Å². The first kappa shape index (κ1) is 13.1. The van der Waals surface area contributed by atoms with Gasteiger partial charge in [0.15, 0.2) is 0 Å². The number of piperidine rings is 1. The van der Waals surface area contributed by atoms with Crippen LogP contribution in [-0.4, -0.2) is 58.6 Å². The van der Waals surface area contributed by atoms with Gasteiger partial charge in [0.05, 0.1) is 6.42 Å². The molecule has 2 unspecified atom stereocenters. The Kier molecular flexibility index (Phi) is 4.06. The monoisotopic (exact) mass is 255 g/mol. The van der Waals surface area contributed by atoms with Crippen LogP contribution in [0.4, 0.5) is 4.79 Å². The second-order valence-corrected chi connectivity index (χ2v) is 5.22. The highest BCUT2D eigenvalue weighted by Crippen LogP contribution is 2.23. The van der Waals surface area contributed by atoms with Crippen LogP contribution in [0, 0.1) is 0 Å². The van der Waals surface area contributed by atoms with Crippen LogP contribution in [0.5, 0.6) is 0 Å². The molecule has 2 fully saturated rings. The molecule has 18 heavy (non-hydrogen) atoms. The molecule has 0 radical (unpaired) electrons. The van der Waals surface area contributed by atoms with Crippen molar-refractivity contribution in [3.63, 3.8) is 0 Å². The zero-order valence-electron chi connectivity index (χ0n) is 10.5. The van der Waals surface area contributed by atoms with Crippen molar-refractivity contribution < 1.29 is 14.7 Å². The van der Waals surface area contributed by atoms with Crippen molar-refractivity contribution in [2.24, 2.45) is 5.73 Å². The van der Waals surface area contributed by atoms with E-state index >= 15 is 0 Å². The lowest BCUT2D eigenvalue weighted by Gasteiger charge is -2.35. The molecule has 2 atom stereocenters. The van der Waals surface area contributed by atoms with Crippen LogP contribution in [0.3, 0.4) is 0 Å². The lowest BCUT2D eigenvalue weighted by Crippen LogP contribution is -2.52. The van der Waals surface area contributed by atoms with Gasteiger partial charge < -0.3 is 20.6 Å². The van der Waals surface area contributed by atoms with Gasteiger partial charge in [-0.1, -0.05) is 0 Å². The van der Waals surface area contributed by atoms with Crippen LogP contribution in [0.1, 0.15) is 32.1 Å². The molecule has 2 heterocycles. The van der Waals surface area contributed by atoms with E-state index in [9.17, 15) is 9.59 Å². The Morgan fingerprint density at radius 3 is 2.61 bits per heavy atom. The Hall–Kier alpha value is -1.30. The summed E-state index contributed by atoms with van der Waals surface area (Å²) in [5, 5.41) is 8.85. The van der Waals surface area contributed by atoms with Crippen LogP contribution in [0.25, 0.3) is 0 Å². The first-order valence-electron chi connectivity index (χ1n) is 6.61. The van der Waals surface area contributed by atoms with Crippen molar-refractivity contribution in [3.05, 3.63) is 0 Å². The number of nitrogens with two attached hydrogens (primary N) is 1. The van der Waals surface area contributed by atoms with Gasteiger partial charge in [-0.15, -0.1) is 0 Å². The normalized spacial score (nSPS) is 28.5. The van der Waals surface area contributed by atoms with Gasteiger partial charge in [-0.05, 0) is 25.7 Å². The lowest BCUT2D eigenvalue weighted by atomic mass is 10.1. The number of carbonyl (C=O) groups excluding carboxylic acids is 1. The molecule has 2 aliphatic heterocycles. The third kappa shape index (κ3) is 2.93. The summed E-state index contributed by atoms with van der Waals surface area (Å²) in [6.07, 6.45) is 3.62. The number of aliphatic carboxylic acids is 1. The maximum atomic E-state index is 12.3.